The quantitative estimate of drug-likeness (QED) is 0.572. The fourth-order valence-electron chi connectivity index (χ4n) is 2.86. The maximum absolute atomic E-state index is 11.9. The first kappa shape index (κ1) is 20.5. The monoisotopic (exact) mass is 379 g/mol. The predicted octanol–water partition coefficient (Wildman–Crippen LogP) is 4.66. The minimum atomic E-state index is -0.512. The van der Waals surface area contributed by atoms with Crippen molar-refractivity contribution in [3.63, 3.8) is 0 Å². The second kappa shape index (κ2) is 11.0. The highest BCUT2D eigenvalue weighted by Crippen LogP contribution is 2.27. The Morgan fingerprint density at radius 2 is 1.96 bits per heavy atom. The van der Waals surface area contributed by atoms with Crippen molar-refractivity contribution in [2.24, 2.45) is 0 Å². The first-order chi connectivity index (χ1) is 12.7. The fraction of sp³-hybridized carbons (Fsp3) is 0.667. The van der Waals surface area contributed by atoms with Gasteiger partial charge in [-0.1, -0.05) is 39.5 Å². The maximum Gasteiger partial charge on any atom is 0.412 e. The molecule has 0 bridgehead atoms. The van der Waals surface area contributed by atoms with Crippen molar-refractivity contribution in [3.05, 3.63) is 12.7 Å². The van der Waals surface area contributed by atoms with Crippen molar-refractivity contribution >= 4 is 34.8 Å². The van der Waals surface area contributed by atoms with Crippen molar-refractivity contribution < 1.29 is 9.53 Å². The van der Waals surface area contributed by atoms with E-state index in [4.69, 9.17) is 4.74 Å². The van der Waals surface area contributed by atoms with Gasteiger partial charge in [0.15, 0.2) is 17.0 Å². The van der Waals surface area contributed by atoms with Gasteiger partial charge >= 0.3 is 6.09 Å². The van der Waals surface area contributed by atoms with Crippen LogP contribution >= 0.6 is 11.8 Å². The summed E-state index contributed by atoms with van der Waals surface area (Å²) in [5.74, 6) is 1.16. The van der Waals surface area contributed by atoms with Crippen LogP contribution in [0.5, 0.6) is 0 Å². The molecule has 0 aliphatic rings. The summed E-state index contributed by atoms with van der Waals surface area (Å²) in [4.78, 5) is 25.0. The molecule has 0 spiro atoms. The van der Waals surface area contributed by atoms with Crippen LogP contribution < -0.4 is 5.32 Å². The molecule has 7 nitrogen and oxygen atoms in total. The van der Waals surface area contributed by atoms with Gasteiger partial charge in [-0.05, 0) is 19.1 Å². The van der Waals surface area contributed by atoms with Crippen molar-refractivity contribution in [2.45, 2.75) is 58.4 Å². The summed E-state index contributed by atoms with van der Waals surface area (Å²) in [6.07, 6.45) is 11.6. The molecule has 2 aromatic heterocycles. The second-order valence-corrected chi connectivity index (χ2v) is 7.22. The predicted molar refractivity (Wildman–Crippen MR) is 107 cm³/mol. The lowest BCUT2D eigenvalue weighted by molar-refractivity contribution is 0.169. The van der Waals surface area contributed by atoms with Crippen LogP contribution in [0.3, 0.4) is 0 Å². The molecule has 8 heteroatoms. The van der Waals surface area contributed by atoms with Gasteiger partial charge in [0.1, 0.15) is 12.9 Å². The van der Waals surface area contributed by atoms with Crippen LogP contribution in [0.25, 0.3) is 11.2 Å². The highest BCUT2D eigenvalue weighted by Gasteiger charge is 2.18. The van der Waals surface area contributed by atoms with Crippen LogP contribution in [-0.4, -0.2) is 44.2 Å². The molecule has 0 atom stereocenters. The molecular weight excluding hydrogens is 350 g/mol. The van der Waals surface area contributed by atoms with Gasteiger partial charge in [-0.25, -0.2) is 19.7 Å². The first-order valence-electron chi connectivity index (χ1n) is 9.31. The fourth-order valence-corrected chi connectivity index (χ4v) is 3.11. The first-order valence-corrected chi connectivity index (χ1v) is 10.7. The number of nitrogens with one attached hydrogen (secondary N) is 1. The van der Waals surface area contributed by atoms with Gasteiger partial charge in [0.2, 0.25) is 0 Å². The summed E-state index contributed by atoms with van der Waals surface area (Å²) in [6, 6.07) is 0.371. The Morgan fingerprint density at radius 1 is 1.23 bits per heavy atom. The minimum Gasteiger partial charge on any atom is -0.448 e. The number of ether oxygens (including phenoxy) is 1. The SMILES string of the molecule is CCCCC(CCCC)n1cnc2c(NC(=O)OCCSC)ncnc21. The highest BCUT2D eigenvalue weighted by molar-refractivity contribution is 7.98. The number of carbonyl (C=O) groups excluding carboxylic acids is 1. The largest absolute Gasteiger partial charge is 0.448 e. The molecule has 1 amide bonds. The second-order valence-electron chi connectivity index (χ2n) is 6.24. The van der Waals surface area contributed by atoms with E-state index in [1.165, 1.54) is 32.0 Å². The van der Waals surface area contributed by atoms with E-state index in [-0.39, 0.29) is 0 Å². The van der Waals surface area contributed by atoms with Crippen LogP contribution in [0.4, 0.5) is 10.6 Å². The average Bonchev–Trinajstić information content (AvgIpc) is 3.07. The molecule has 26 heavy (non-hydrogen) atoms. The number of imidazole rings is 1. The lowest BCUT2D eigenvalue weighted by atomic mass is 10.0. The van der Waals surface area contributed by atoms with Gasteiger partial charge in [0.05, 0.1) is 6.33 Å². The molecule has 0 radical (unpaired) electrons. The van der Waals surface area contributed by atoms with Crippen LogP contribution in [0.1, 0.15) is 58.4 Å². The molecule has 0 unspecified atom stereocenters. The molecule has 1 N–H and O–H groups in total. The van der Waals surface area contributed by atoms with Gasteiger partial charge in [-0.2, -0.15) is 11.8 Å². The number of rotatable bonds is 11. The number of fused-ring (bicyclic) bond motifs is 1. The van der Waals surface area contributed by atoms with Gasteiger partial charge in [0.25, 0.3) is 0 Å². The van der Waals surface area contributed by atoms with E-state index in [9.17, 15) is 4.79 Å². The zero-order chi connectivity index (χ0) is 18.8. The Kier molecular flexibility index (Phi) is 8.67. The summed E-state index contributed by atoms with van der Waals surface area (Å²) in [7, 11) is 0. The summed E-state index contributed by atoms with van der Waals surface area (Å²) in [5.41, 5.74) is 1.36. The van der Waals surface area contributed by atoms with Crippen molar-refractivity contribution in [1.29, 1.82) is 0 Å². The Labute approximate surface area is 159 Å². The van der Waals surface area contributed by atoms with Gasteiger partial charge in [0, 0.05) is 11.8 Å². The Hall–Kier alpha value is -1.83. The number of aromatic nitrogens is 4. The summed E-state index contributed by atoms with van der Waals surface area (Å²) in [6.45, 7) is 4.78. The van der Waals surface area contributed by atoms with Gasteiger partial charge in [-0.15, -0.1) is 0 Å². The Bertz CT molecular complexity index is 683. The number of hydrogen-bond donors (Lipinski definition) is 1. The zero-order valence-electron chi connectivity index (χ0n) is 15.9. The number of anilines is 1. The van der Waals surface area contributed by atoms with Crippen molar-refractivity contribution in [3.8, 4) is 0 Å². The summed E-state index contributed by atoms with van der Waals surface area (Å²) >= 11 is 1.63. The Morgan fingerprint density at radius 3 is 2.62 bits per heavy atom. The number of nitrogens with zero attached hydrogens (tertiary/aromatic N) is 4. The molecule has 2 heterocycles. The van der Waals surface area contributed by atoms with Gasteiger partial charge < -0.3 is 9.30 Å². The van der Waals surface area contributed by atoms with E-state index >= 15 is 0 Å². The third kappa shape index (κ3) is 5.59. The molecule has 2 aromatic rings. The van der Waals surface area contributed by atoms with Crippen LogP contribution in [-0.2, 0) is 4.74 Å². The molecule has 0 saturated carbocycles. The third-order valence-corrected chi connectivity index (χ3v) is 4.85. The number of thioether (sulfide) groups is 1. The number of unbranched alkanes of at least 4 members (excludes halogenated alkanes) is 2. The smallest absolute Gasteiger partial charge is 0.412 e. The van der Waals surface area contributed by atoms with Crippen LogP contribution in [0.2, 0.25) is 0 Å². The highest BCUT2D eigenvalue weighted by atomic mass is 32.2. The Balaban J connectivity index is 2.18. The van der Waals surface area contributed by atoms with Crippen molar-refractivity contribution in [1.82, 2.24) is 19.5 Å². The van der Waals surface area contributed by atoms with Crippen LogP contribution in [0.15, 0.2) is 12.7 Å². The van der Waals surface area contributed by atoms with E-state index in [1.807, 2.05) is 12.6 Å². The molecule has 0 fully saturated rings. The maximum atomic E-state index is 11.9. The standard InChI is InChI=1S/C18H29N5O2S/c1-4-6-8-14(9-7-5-2)23-13-21-15-16(19-12-20-17(15)23)22-18(24)25-10-11-26-3/h12-14H,4-11H2,1-3H3,(H,19,20,22,24). The number of carbonyl (C=O) groups is 1. The van der Waals surface area contributed by atoms with Gasteiger partial charge in [-0.3, -0.25) is 5.32 Å². The number of hydrogen-bond acceptors (Lipinski definition) is 6. The van der Waals surface area contributed by atoms with E-state index in [0.29, 0.717) is 24.0 Å². The van der Waals surface area contributed by atoms with E-state index in [0.717, 1.165) is 24.2 Å². The summed E-state index contributed by atoms with van der Waals surface area (Å²) < 4.78 is 7.26. The lowest BCUT2D eigenvalue weighted by Gasteiger charge is -2.18. The van der Waals surface area contributed by atoms with E-state index in [1.54, 1.807) is 11.8 Å². The molecule has 0 saturated heterocycles. The number of amides is 1. The molecular formula is C18H29N5O2S. The third-order valence-electron chi connectivity index (χ3n) is 4.28. The molecule has 0 aliphatic carbocycles. The minimum absolute atomic E-state index is 0.367. The van der Waals surface area contributed by atoms with Crippen molar-refractivity contribution in [2.75, 3.05) is 23.9 Å². The molecule has 0 aromatic carbocycles. The van der Waals surface area contributed by atoms with Crippen LogP contribution in [0, 0.1) is 0 Å². The molecule has 2 rings (SSSR count). The normalized spacial score (nSPS) is 11.2. The molecule has 144 valence electrons. The van der Waals surface area contributed by atoms with E-state index < -0.39 is 6.09 Å². The summed E-state index contributed by atoms with van der Waals surface area (Å²) in [5, 5.41) is 2.69. The molecule has 0 aliphatic heterocycles. The average molecular weight is 380 g/mol. The zero-order valence-corrected chi connectivity index (χ0v) is 16.7. The lowest BCUT2D eigenvalue weighted by Crippen LogP contribution is -2.16. The van der Waals surface area contributed by atoms with E-state index in [2.05, 4.69) is 38.7 Å². The topological polar surface area (TPSA) is 81.9 Å².